The number of benzene rings is 2. The SMILES string of the molecule is COC(=O)C(O)C(O)c1ccc(-c2ccccc2OC)cc1. The largest absolute Gasteiger partial charge is 0.496 e. The van der Waals surface area contributed by atoms with Crippen LogP contribution < -0.4 is 4.74 Å². The molecule has 116 valence electrons. The standard InChI is InChI=1S/C17H18O5/c1-21-14-6-4-3-5-13(14)11-7-9-12(10-8-11)15(18)16(19)17(20)22-2/h3-10,15-16,18-19H,1-2H3. The summed E-state index contributed by atoms with van der Waals surface area (Å²) in [5.74, 6) is -0.133. The molecule has 0 saturated carbocycles. The molecule has 0 aliphatic carbocycles. The molecule has 0 aromatic heterocycles. The molecule has 0 fully saturated rings. The summed E-state index contributed by atoms with van der Waals surface area (Å²) < 4.78 is 9.72. The molecule has 5 heteroatoms. The number of rotatable bonds is 5. The zero-order chi connectivity index (χ0) is 16.1. The number of carbonyl (C=O) groups excluding carboxylic acids is 1. The van der Waals surface area contributed by atoms with E-state index in [2.05, 4.69) is 4.74 Å². The van der Waals surface area contributed by atoms with Gasteiger partial charge in [-0.25, -0.2) is 4.79 Å². The zero-order valence-corrected chi connectivity index (χ0v) is 12.4. The van der Waals surface area contributed by atoms with Crippen molar-refractivity contribution >= 4 is 5.97 Å². The van der Waals surface area contributed by atoms with Gasteiger partial charge in [0.15, 0.2) is 6.10 Å². The number of para-hydroxylation sites is 1. The number of ether oxygens (including phenoxy) is 2. The number of aliphatic hydroxyl groups excluding tert-OH is 2. The van der Waals surface area contributed by atoms with Gasteiger partial charge in [-0.3, -0.25) is 0 Å². The van der Waals surface area contributed by atoms with Crippen molar-refractivity contribution in [1.82, 2.24) is 0 Å². The van der Waals surface area contributed by atoms with E-state index in [1.54, 1.807) is 31.4 Å². The smallest absolute Gasteiger partial charge is 0.337 e. The number of aliphatic hydroxyl groups is 2. The van der Waals surface area contributed by atoms with Gasteiger partial charge in [-0.1, -0.05) is 42.5 Å². The molecule has 2 unspecified atom stereocenters. The van der Waals surface area contributed by atoms with E-state index in [4.69, 9.17) is 4.74 Å². The van der Waals surface area contributed by atoms with Crippen molar-refractivity contribution in [3.05, 3.63) is 54.1 Å². The lowest BCUT2D eigenvalue weighted by Crippen LogP contribution is -2.28. The van der Waals surface area contributed by atoms with Crippen LogP contribution in [0.1, 0.15) is 11.7 Å². The first-order valence-corrected chi connectivity index (χ1v) is 6.75. The van der Waals surface area contributed by atoms with Gasteiger partial charge in [-0.05, 0) is 17.2 Å². The van der Waals surface area contributed by atoms with Crippen LogP contribution in [0.2, 0.25) is 0 Å². The molecule has 0 heterocycles. The summed E-state index contributed by atoms with van der Waals surface area (Å²) in [6.45, 7) is 0. The molecule has 22 heavy (non-hydrogen) atoms. The van der Waals surface area contributed by atoms with Crippen LogP contribution in [0.15, 0.2) is 48.5 Å². The van der Waals surface area contributed by atoms with E-state index in [1.165, 1.54) is 0 Å². The van der Waals surface area contributed by atoms with E-state index < -0.39 is 18.2 Å². The van der Waals surface area contributed by atoms with E-state index >= 15 is 0 Å². The number of carbonyl (C=O) groups is 1. The van der Waals surface area contributed by atoms with E-state index in [-0.39, 0.29) is 0 Å². The summed E-state index contributed by atoms with van der Waals surface area (Å²) in [6, 6.07) is 14.5. The molecule has 0 saturated heterocycles. The Morgan fingerprint density at radius 2 is 1.64 bits per heavy atom. The zero-order valence-electron chi connectivity index (χ0n) is 12.4. The van der Waals surface area contributed by atoms with Crippen LogP contribution in [0, 0.1) is 0 Å². The van der Waals surface area contributed by atoms with Gasteiger partial charge in [0, 0.05) is 5.56 Å². The molecule has 2 aromatic carbocycles. The maximum absolute atomic E-state index is 11.2. The van der Waals surface area contributed by atoms with Crippen molar-refractivity contribution in [1.29, 1.82) is 0 Å². The average Bonchev–Trinajstić information content (AvgIpc) is 2.59. The summed E-state index contributed by atoms with van der Waals surface area (Å²) in [5, 5.41) is 19.6. The predicted molar refractivity (Wildman–Crippen MR) is 81.4 cm³/mol. The van der Waals surface area contributed by atoms with Crippen molar-refractivity contribution in [2.45, 2.75) is 12.2 Å². The number of hydrogen-bond acceptors (Lipinski definition) is 5. The summed E-state index contributed by atoms with van der Waals surface area (Å²) in [4.78, 5) is 11.2. The van der Waals surface area contributed by atoms with Crippen molar-refractivity contribution < 1.29 is 24.5 Å². The van der Waals surface area contributed by atoms with Gasteiger partial charge in [0.2, 0.25) is 0 Å². The summed E-state index contributed by atoms with van der Waals surface area (Å²) in [7, 11) is 2.76. The van der Waals surface area contributed by atoms with Gasteiger partial charge >= 0.3 is 5.97 Å². The number of methoxy groups -OCH3 is 2. The van der Waals surface area contributed by atoms with Gasteiger partial charge in [-0.15, -0.1) is 0 Å². The Labute approximate surface area is 128 Å². The molecule has 0 aliphatic heterocycles. The molecule has 0 radical (unpaired) electrons. The molecular weight excluding hydrogens is 284 g/mol. The van der Waals surface area contributed by atoms with Gasteiger partial charge in [0.1, 0.15) is 11.9 Å². The Balaban J connectivity index is 2.25. The van der Waals surface area contributed by atoms with Gasteiger partial charge in [-0.2, -0.15) is 0 Å². The van der Waals surface area contributed by atoms with Crippen molar-refractivity contribution in [3.63, 3.8) is 0 Å². The third-order valence-corrected chi connectivity index (χ3v) is 3.41. The van der Waals surface area contributed by atoms with E-state index in [0.717, 1.165) is 24.0 Å². The highest BCUT2D eigenvalue weighted by Crippen LogP contribution is 2.30. The Morgan fingerprint density at radius 3 is 2.23 bits per heavy atom. The second-order valence-electron chi connectivity index (χ2n) is 4.74. The first kappa shape index (κ1) is 16.0. The van der Waals surface area contributed by atoms with Crippen LogP contribution >= 0.6 is 0 Å². The molecule has 0 spiro atoms. The highest BCUT2D eigenvalue weighted by atomic mass is 16.5. The van der Waals surface area contributed by atoms with Crippen LogP contribution in [-0.2, 0) is 9.53 Å². The minimum absolute atomic E-state index is 0.427. The van der Waals surface area contributed by atoms with Crippen molar-refractivity contribution in [3.8, 4) is 16.9 Å². The molecular formula is C17H18O5. The molecule has 2 aromatic rings. The highest BCUT2D eigenvalue weighted by Gasteiger charge is 2.26. The minimum Gasteiger partial charge on any atom is -0.496 e. The first-order valence-electron chi connectivity index (χ1n) is 6.75. The molecule has 0 amide bonds. The minimum atomic E-state index is -1.61. The van der Waals surface area contributed by atoms with Crippen LogP contribution in [-0.4, -0.2) is 36.5 Å². The van der Waals surface area contributed by atoms with Gasteiger partial charge in [0.25, 0.3) is 0 Å². The Bertz CT molecular complexity index is 636. The Morgan fingerprint density at radius 1 is 1.00 bits per heavy atom. The summed E-state index contributed by atoms with van der Waals surface area (Å²) >= 11 is 0. The predicted octanol–water partition coefficient (Wildman–Crippen LogP) is 1.93. The normalized spacial score (nSPS) is 13.3. The summed E-state index contributed by atoms with van der Waals surface area (Å²) in [6.07, 6.45) is -2.94. The fourth-order valence-electron chi connectivity index (χ4n) is 2.17. The number of esters is 1. The first-order chi connectivity index (χ1) is 10.6. The van der Waals surface area contributed by atoms with Gasteiger partial charge in [0.05, 0.1) is 14.2 Å². The third-order valence-electron chi connectivity index (χ3n) is 3.41. The maximum Gasteiger partial charge on any atom is 0.337 e. The average molecular weight is 302 g/mol. The Kier molecular flexibility index (Phi) is 5.14. The molecule has 0 aliphatic rings. The van der Waals surface area contributed by atoms with Crippen molar-refractivity contribution in [2.24, 2.45) is 0 Å². The number of hydrogen-bond donors (Lipinski definition) is 2. The second kappa shape index (κ2) is 7.06. The maximum atomic E-state index is 11.2. The topological polar surface area (TPSA) is 76.0 Å². The fraction of sp³-hybridized carbons (Fsp3) is 0.235. The van der Waals surface area contributed by atoms with Crippen LogP contribution in [0.25, 0.3) is 11.1 Å². The van der Waals surface area contributed by atoms with E-state index in [0.29, 0.717) is 5.56 Å². The lowest BCUT2D eigenvalue weighted by molar-refractivity contribution is -0.156. The van der Waals surface area contributed by atoms with Crippen LogP contribution in [0.3, 0.4) is 0 Å². The molecule has 5 nitrogen and oxygen atoms in total. The van der Waals surface area contributed by atoms with E-state index in [9.17, 15) is 15.0 Å². The fourth-order valence-corrected chi connectivity index (χ4v) is 2.17. The Hall–Kier alpha value is -2.37. The summed E-state index contributed by atoms with van der Waals surface area (Å²) in [5.41, 5.74) is 2.25. The van der Waals surface area contributed by atoms with E-state index in [1.807, 2.05) is 24.3 Å². The van der Waals surface area contributed by atoms with Crippen LogP contribution in [0.5, 0.6) is 5.75 Å². The van der Waals surface area contributed by atoms with Gasteiger partial charge < -0.3 is 19.7 Å². The molecule has 2 rings (SSSR count). The van der Waals surface area contributed by atoms with Crippen molar-refractivity contribution in [2.75, 3.05) is 14.2 Å². The monoisotopic (exact) mass is 302 g/mol. The molecule has 2 atom stereocenters. The molecule has 2 N–H and O–H groups in total. The lowest BCUT2D eigenvalue weighted by atomic mass is 9.99. The highest BCUT2D eigenvalue weighted by molar-refractivity contribution is 5.75. The second-order valence-corrected chi connectivity index (χ2v) is 4.74. The third kappa shape index (κ3) is 3.27. The molecule has 0 bridgehead atoms. The lowest BCUT2D eigenvalue weighted by Gasteiger charge is -2.16. The quantitative estimate of drug-likeness (QED) is 0.825. The van der Waals surface area contributed by atoms with Crippen LogP contribution in [0.4, 0.5) is 0 Å².